The Morgan fingerprint density at radius 3 is 2.08 bits per heavy atom. The van der Waals surface area contributed by atoms with Crippen LogP contribution in [0.25, 0.3) is 0 Å². The van der Waals surface area contributed by atoms with Crippen molar-refractivity contribution in [3.05, 3.63) is 16.6 Å². The molecule has 0 aromatic carbocycles. The molecule has 3 fully saturated rings. The Kier molecular flexibility index (Phi) is 11.4. The van der Waals surface area contributed by atoms with E-state index < -0.39 is 24.3 Å². The molecule has 3 atom stereocenters. The molecule has 1 saturated carbocycles. The highest BCUT2D eigenvalue weighted by atomic mass is 32.1. The van der Waals surface area contributed by atoms with Crippen LogP contribution in [0.2, 0.25) is 0 Å². The molecule has 4 rings (SSSR count). The molecule has 8 nitrogen and oxygen atoms in total. The van der Waals surface area contributed by atoms with Crippen molar-refractivity contribution in [2.24, 2.45) is 17.8 Å². The van der Waals surface area contributed by atoms with E-state index in [4.69, 9.17) is 24.5 Å². The summed E-state index contributed by atoms with van der Waals surface area (Å²) in [6.07, 6.45) is -3.92. The number of aromatic nitrogens is 1. The molecule has 0 unspecified atom stereocenters. The molecule has 1 aromatic heterocycles. The molecule has 0 bridgehead atoms. The lowest BCUT2D eigenvalue weighted by Crippen LogP contribution is -2.43. The molecular formula is C21H29F6N3O5S. The molecule has 2 N–H and O–H groups in total. The highest BCUT2D eigenvalue weighted by Crippen LogP contribution is 2.41. The average molecular weight is 550 g/mol. The van der Waals surface area contributed by atoms with Gasteiger partial charge in [-0.25, -0.2) is 14.6 Å². The van der Waals surface area contributed by atoms with Crippen molar-refractivity contribution in [1.82, 2.24) is 14.8 Å². The fraction of sp³-hybridized carbons (Fsp3) is 0.762. The minimum atomic E-state index is -5.08. The van der Waals surface area contributed by atoms with Crippen molar-refractivity contribution < 1.29 is 50.9 Å². The van der Waals surface area contributed by atoms with Gasteiger partial charge in [-0.05, 0) is 30.6 Å². The van der Waals surface area contributed by atoms with E-state index in [2.05, 4.69) is 20.2 Å². The lowest BCUT2D eigenvalue weighted by atomic mass is 9.73. The second-order valence-corrected chi connectivity index (χ2v) is 9.73. The molecule has 2 saturated heterocycles. The molecule has 206 valence electrons. The van der Waals surface area contributed by atoms with E-state index in [0.29, 0.717) is 0 Å². The van der Waals surface area contributed by atoms with Crippen LogP contribution in [0.3, 0.4) is 0 Å². The van der Waals surface area contributed by atoms with Gasteiger partial charge in [-0.15, -0.1) is 11.3 Å². The van der Waals surface area contributed by atoms with Gasteiger partial charge in [-0.1, -0.05) is 6.42 Å². The maximum Gasteiger partial charge on any atom is 0.490 e. The summed E-state index contributed by atoms with van der Waals surface area (Å²) in [6, 6.07) is 0. The predicted molar refractivity (Wildman–Crippen MR) is 116 cm³/mol. The lowest BCUT2D eigenvalue weighted by molar-refractivity contribution is -0.193. The number of carboxylic acids is 2. The summed E-state index contributed by atoms with van der Waals surface area (Å²) in [5, 5.41) is 17.6. The Morgan fingerprint density at radius 1 is 1.00 bits per heavy atom. The number of aliphatic carboxylic acids is 2. The maximum absolute atomic E-state index is 10.6. The van der Waals surface area contributed by atoms with Crippen molar-refractivity contribution >= 4 is 23.3 Å². The second-order valence-electron chi connectivity index (χ2n) is 8.75. The normalized spacial score (nSPS) is 25.1. The van der Waals surface area contributed by atoms with E-state index in [0.717, 1.165) is 50.6 Å². The maximum atomic E-state index is 10.6. The van der Waals surface area contributed by atoms with Crippen molar-refractivity contribution in [3.63, 3.8) is 0 Å². The third-order valence-electron chi connectivity index (χ3n) is 6.25. The van der Waals surface area contributed by atoms with E-state index in [1.807, 2.05) is 6.20 Å². The standard InChI is InChI=1S/C17H27N3OS.2C2HF3O2/c1-2-14(10-19-5-7-21-8-6-19)16-12-20(11-15(16)3-1)13-17-18-4-9-22-17;2*3-2(4,5)1(6)7/h4,9,14-16H,1-3,5-8,10-13H2;2*(H,6,7)/t14-,15+,16+;;/m0../s1. The minimum absolute atomic E-state index is 0.901. The summed E-state index contributed by atoms with van der Waals surface area (Å²) < 4.78 is 69.0. The summed E-state index contributed by atoms with van der Waals surface area (Å²) in [5.41, 5.74) is 0. The van der Waals surface area contributed by atoms with E-state index >= 15 is 0 Å². The topological polar surface area (TPSA) is 103 Å². The number of carboxylic acid groups (broad SMARTS) is 2. The van der Waals surface area contributed by atoms with E-state index in [-0.39, 0.29) is 0 Å². The van der Waals surface area contributed by atoms with Gasteiger partial charge in [0.1, 0.15) is 5.01 Å². The van der Waals surface area contributed by atoms with Crippen LogP contribution in [0.15, 0.2) is 11.6 Å². The number of hydrogen-bond acceptors (Lipinski definition) is 7. The highest BCUT2D eigenvalue weighted by molar-refractivity contribution is 7.09. The fourth-order valence-electron chi connectivity index (χ4n) is 4.68. The number of fused-ring (bicyclic) bond motifs is 1. The number of halogens is 6. The number of rotatable bonds is 4. The van der Waals surface area contributed by atoms with Gasteiger partial charge in [0.2, 0.25) is 0 Å². The first kappa shape index (κ1) is 30.3. The fourth-order valence-corrected chi connectivity index (χ4v) is 5.34. The van der Waals surface area contributed by atoms with Gasteiger partial charge in [0.15, 0.2) is 0 Å². The van der Waals surface area contributed by atoms with Crippen LogP contribution in [0.1, 0.15) is 24.3 Å². The Bertz CT molecular complexity index is 794. The van der Waals surface area contributed by atoms with E-state index in [1.165, 1.54) is 43.9 Å². The molecule has 0 radical (unpaired) electrons. The van der Waals surface area contributed by atoms with Gasteiger partial charge in [0.25, 0.3) is 0 Å². The summed E-state index contributed by atoms with van der Waals surface area (Å²) >= 11 is 1.80. The Labute approximate surface area is 207 Å². The number of likely N-dealkylation sites (tertiary alicyclic amines) is 1. The number of hydrogen-bond donors (Lipinski definition) is 2. The number of alkyl halides is 6. The largest absolute Gasteiger partial charge is 0.490 e. The van der Waals surface area contributed by atoms with Crippen molar-refractivity contribution in [3.8, 4) is 0 Å². The van der Waals surface area contributed by atoms with Crippen molar-refractivity contribution in [2.45, 2.75) is 38.2 Å². The quantitative estimate of drug-likeness (QED) is 0.550. The van der Waals surface area contributed by atoms with Crippen LogP contribution in [-0.4, -0.2) is 95.2 Å². The number of thiazole rings is 1. The van der Waals surface area contributed by atoms with E-state index in [1.54, 1.807) is 11.3 Å². The molecule has 2 aliphatic heterocycles. The lowest BCUT2D eigenvalue weighted by Gasteiger charge is -2.37. The first-order valence-corrected chi connectivity index (χ1v) is 12.2. The first-order valence-electron chi connectivity index (χ1n) is 11.3. The molecule has 15 heteroatoms. The second kappa shape index (κ2) is 13.5. The van der Waals surface area contributed by atoms with Gasteiger partial charge < -0.3 is 14.9 Å². The zero-order chi connectivity index (χ0) is 26.9. The number of carbonyl (C=O) groups is 2. The molecular weight excluding hydrogens is 520 g/mol. The van der Waals surface area contributed by atoms with Crippen LogP contribution < -0.4 is 0 Å². The Hall–Kier alpha value is -1.97. The number of morpholine rings is 1. The van der Waals surface area contributed by atoms with Gasteiger partial charge in [-0.2, -0.15) is 26.3 Å². The molecule has 1 aliphatic carbocycles. The van der Waals surface area contributed by atoms with Crippen LogP contribution in [0.4, 0.5) is 26.3 Å². The zero-order valence-electron chi connectivity index (χ0n) is 19.3. The third-order valence-corrected chi connectivity index (χ3v) is 7.01. The summed E-state index contributed by atoms with van der Waals surface area (Å²) in [6.45, 7) is 9.08. The van der Waals surface area contributed by atoms with Crippen molar-refractivity contribution in [1.29, 1.82) is 0 Å². The zero-order valence-corrected chi connectivity index (χ0v) is 20.1. The van der Waals surface area contributed by atoms with Gasteiger partial charge in [0.05, 0.1) is 19.8 Å². The van der Waals surface area contributed by atoms with Gasteiger partial charge >= 0.3 is 24.3 Å². The van der Waals surface area contributed by atoms with E-state index in [9.17, 15) is 26.3 Å². The molecule has 0 amide bonds. The first-order chi connectivity index (χ1) is 16.8. The Morgan fingerprint density at radius 2 is 1.58 bits per heavy atom. The Balaban J connectivity index is 0.000000271. The molecule has 3 aliphatic rings. The van der Waals surface area contributed by atoms with Crippen LogP contribution in [0, 0.1) is 17.8 Å². The van der Waals surface area contributed by atoms with Gasteiger partial charge in [0, 0.05) is 44.3 Å². The summed E-state index contributed by atoms with van der Waals surface area (Å²) in [5.74, 6) is -2.77. The van der Waals surface area contributed by atoms with Crippen molar-refractivity contribution in [2.75, 3.05) is 45.9 Å². The van der Waals surface area contributed by atoms with Crippen LogP contribution in [0.5, 0.6) is 0 Å². The highest BCUT2D eigenvalue weighted by Gasteiger charge is 2.41. The van der Waals surface area contributed by atoms with Gasteiger partial charge in [-0.3, -0.25) is 9.80 Å². The predicted octanol–water partition coefficient (Wildman–Crippen LogP) is 3.59. The number of nitrogens with zero attached hydrogens (tertiary/aromatic N) is 3. The smallest absolute Gasteiger partial charge is 0.475 e. The minimum Gasteiger partial charge on any atom is -0.475 e. The monoisotopic (exact) mass is 549 g/mol. The molecule has 3 heterocycles. The molecule has 0 spiro atoms. The SMILES string of the molecule is O=C(O)C(F)(F)F.O=C(O)C(F)(F)F.c1csc(CN2C[C@H]3CCC[C@@H](CN4CCOCC4)[C@H]3C2)n1. The summed E-state index contributed by atoms with van der Waals surface area (Å²) in [4.78, 5) is 27.6. The molecule has 1 aromatic rings. The summed E-state index contributed by atoms with van der Waals surface area (Å²) in [7, 11) is 0. The van der Waals surface area contributed by atoms with Crippen LogP contribution in [-0.2, 0) is 20.9 Å². The average Bonchev–Trinajstić information content (AvgIpc) is 3.44. The molecule has 36 heavy (non-hydrogen) atoms. The number of ether oxygens (including phenoxy) is 1. The third kappa shape index (κ3) is 10.2. The van der Waals surface area contributed by atoms with Crippen LogP contribution >= 0.6 is 11.3 Å².